The maximum absolute atomic E-state index is 10.8. The van der Waals surface area contributed by atoms with Crippen LogP contribution < -0.4 is 0 Å². The molecule has 1 heterocycles. The molecule has 0 radical (unpaired) electrons. The van der Waals surface area contributed by atoms with Crippen molar-refractivity contribution < 1.29 is 24.2 Å². The Morgan fingerprint density at radius 2 is 1.45 bits per heavy atom. The number of hydrogen-bond donors (Lipinski definition) is 2. The van der Waals surface area contributed by atoms with E-state index in [0.717, 1.165) is 19.3 Å². The van der Waals surface area contributed by atoms with Crippen LogP contribution in [0.5, 0.6) is 0 Å². The van der Waals surface area contributed by atoms with E-state index in [-0.39, 0.29) is 18.4 Å². The second kappa shape index (κ2) is 7.27. The minimum atomic E-state index is -1.76. The molecule has 0 spiro atoms. The van der Waals surface area contributed by atoms with E-state index in [0.29, 0.717) is 12.8 Å². The molecule has 0 aliphatic carbocycles. The lowest BCUT2D eigenvalue weighted by Crippen LogP contribution is -2.65. The van der Waals surface area contributed by atoms with Gasteiger partial charge in [0.15, 0.2) is 7.83 Å². The largest absolute Gasteiger partial charge is 0.481 e. The average molecular weight is 347 g/mol. The van der Waals surface area contributed by atoms with Crippen molar-refractivity contribution in [2.75, 3.05) is 0 Å². The van der Waals surface area contributed by atoms with Crippen LogP contribution in [0.15, 0.2) is 0 Å². The molecule has 1 rings (SSSR count). The Morgan fingerprint density at radius 3 is 1.82 bits per heavy atom. The minimum Gasteiger partial charge on any atom is -0.481 e. The molecule has 128 valence electrons. The van der Waals surface area contributed by atoms with Gasteiger partial charge < -0.3 is 14.6 Å². The number of rotatable bonds is 8. The molecule has 2 N–H and O–H groups in total. The van der Waals surface area contributed by atoms with Crippen molar-refractivity contribution in [3.63, 3.8) is 0 Å². The summed E-state index contributed by atoms with van der Waals surface area (Å²) in [5, 5.41) is 17.7. The maximum Gasteiger partial charge on any atom is 0.303 e. The molecule has 1 fully saturated rings. The van der Waals surface area contributed by atoms with Crippen LogP contribution in [0.4, 0.5) is 0 Å². The normalized spacial score (nSPS) is 22.2. The number of carboxylic acids is 2. The summed E-state index contributed by atoms with van der Waals surface area (Å²) in [4.78, 5) is 21.6. The summed E-state index contributed by atoms with van der Waals surface area (Å²) in [6, 6.07) is 1.20. The van der Waals surface area contributed by atoms with Crippen LogP contribution in [-0.2, 0) is 14.0 Å². The van der Waals surface area contributed by atoms with Gasteiger partial charge in [-0.2, -0.15) is 0 Å². The van der Waals surface area contributed by atoms with Crippen LogP contribution in [-0.4, -0.2) is 43.2 Å². The summed E-state index contributed by atoms with van der Waals surface area (Å²) in [5.74, 6) is -1.55. The van der Waals surface area contributed by atoms with Crippen molar-refractivity contribution in [2.24, 2.45) is 0 Å². The van der Waals surface area contributed by atoms with Gasteiger partial charge in [-0.05, 0) is 45.2 Å². The zero-order valence-electron chi connectivity index (χ0n) is 14.3. The lowest BCUT2D eigenvalue weighted by molar-refractivity contribution is -0.138. The second-order valence-electron chi connectivity index (χ2n) is 7.67. The van der Waals surface area contributed by atoms with Gasteiger partial charge in [0.1, 0.15) is 0 Å². The quantitative estimate of drug-likeness (QED) is 0.655. The summed E-state index contributed by atoms with van der Waals surface area (Å²) in [5.41, 5.74) is -0.289. The van der Waals surface area contributed by atoms with Gasteiger partial charge in [0.05, 0.1) is 13.2 Å². The molecule has 0 aromatic rings. The molecule has 1 aliphatic rings. The van der Waals surface area contributed by atoms with Crippen LogP contribution >= 0.6 is 0 Å². The summed E-state index contributed by atoms with van der Waals surface area (Å²) >= 11 is 0. The Balaban J connectivity index is 2.78. The van der Waals surface area contributed by atoms with Gasteiger partial charge in [-0.15, -0.1) is 0 Å². The first kappa shape index (κ1) is 19.4. The predicted octanol–water partition coefficient (Wildman–Crippen LogP) is 3.65. The highest BCUT2D eigenvalue weighted by Gasteiger charge is 2.52. The highest BCUT2D eigenvalue weighted by Crippen LogP contribution is 2.43. The summed E-state index contributed by atoms with van der Waals surface area (Å²) < 4.78 is 6.66. The molecule has 0 atom stereocenters. The average Bonchev–Trinajstić information content (AvgIpc) is 2.33. The Bertz CT molecular complexity index is 400. The third kappa shape index (κ3) is 5.21. The van der Waals surface area contributed by atoms with E-state index in [1.54, 1.807) is 0 Å². The molecular weight excluding hydrogens is 316 g/mol. The molecule has 0 bridgehead atoms. The van der Waals surface area contributed by atoms with Crippen molar-refractivity contribution in [2.45, 2.75) is 82.8 Å². The van der Waals surface area contributed by atoms with Crippen molar-refractivity contribution >= 4 is 27.4 Å². The molecule has 5 nitrogen and oxygen atoms in total. The summed E-state index contributed by atoms with van der Waals surface area (Å²) in [7, 11) is -3.11. The van der Waals surface area contributed by atoms with E-state index in [2.05, 4.69) is 26.2 Å². The Kier molecular flexibility index (Phi) is 6.40. The van der Waals surface area contributed by atoms with E-state index in [1.807, 2.05) is 0 Å². The second-order valence-corrected chi connectivity index (χ2v) is 22.8. The van der Waals surface area contributed by atoms with Gasteiger partial charge in [0, 0.05) is 12.8 Å². The summed E-state index contributed by atoms with van der Waals surface area (Å²) in [6.07, 6.45) is 3.96. The Labute approximate surface area is 135 Å². The van der Waals surface area contributed by atoms with Crippen LogP contribution in [0.2, 0.25) is 32.2 Å². The monoisotopic (exact) mass is 346 g/mol. The van der Waals surface area contributed by atoms with Crippen LogP contribution in [0.1, 0.15) is 44.9 Å². The first-order valence-electron chi connectivity index (χ1n) is 8.14. The van der Waals surface area contributed by atoms with E-state index in [1.165, 1.54) is 6.04 Å². The Morgan fingerprint density at radius 1 is 1.00 bits per heavy atom. The molecule has 0 aromatic heterocycles. The van der Waals surface area contributed by atoms with Crippen molar-refractivity contribution in [3.8, 4) is 0 Å². The Hall–Kier alpha value is -0.666. The van der Waals surface area contributed by atoms with E-state index >= 15 is 0 Å². The molecule has 1 aliphatic heterocycles. The predicted molar refractivity (Wildman–Crippen MR) is 91.2 cm³/mol. The lowest BCUT2D eigenvalue weighted by atomic mass is 9.88. The van der Waals surface area contributed by atoms with Crippen LogP contribution in [0.3, 0.4) is 0 Å². The third-order valence-corrected chi connectivity index (χ3v) is 21.9. The number of carboxylic acid groups (broad SMARTS) is 2. The highest BCUT2D eigenvalue weighted by atomic mass is 29.3. The molecule has 0 aromatic carbocycles. The van der Waals surface area contributed by atoms with Gasteiger partial charge >= 0.3 is 11.9 Å². The van der Waals surface area contributed by atoms with Crippen LogP contribution in [0, 0.1) is 0 Å². The van der Waals surface area contributed by atoms with Crippen molar-refractivity contribution in [1.82, 2.24) is 0 Å². The fourth-order valence-electron chi connectivity index (χ4n) is 3.17. The number of aliphatic carboxylic acids is 2. The molecule has 0 saturated carbocycles. The SMILES string of the molecule is C[Si]1(C)CCC(CCCC(=O)O)(CCCC(=O)O)O[Si]1(C)C. The molecular formula is C15H30O5Si2. The maximum atomic E-state index is 10.8. The number of carbonyl (C=O) groups is 2. The first-order chi connectivity index (χ1) is 10.00. The van der Waals surface area contributed by atoms with Gasteiger partial charge in [-0.3, -0.25) is 9.59 Å². The van der Waals surface area contributed by atoms with Gasteiger partial charge in [-0.1, -0.05) is 19.1 Å². The van der Waals surface area contributed by atoms with Crippen LogP contribution in [0.25, 0.3) is 0 Å². The fraction of sp³-hybridized carbons (Fsp3) is 0.867. The van der Waals surface area contributed by atoms with Crippen molar-refractivity contribution in [1.29, 1.82) is 0 Å². The van der Waals surface area contributed by atoms with Crippen molar-refractivity contribution in [3.05, 3.63) is 0 Å². The standard InChI is InChI=1S/C15H30O5Si2/c1-21(2)12-11-15(20-22(21,3)4,9-5-7-13(16)17)10-6-8-14(18)19/h5-12H2,1-4H3,(H,16,17)(H,18,19). The molecule has 0 amide bonds. The van der Waals surface area contributed by atoms with Gasteiger partial charge in [-0.25, -0.2) is 0 Å². The molecule has 7 heteroatoms. The van der Waals surface area contributed by atoms with Gasteiger partial charge in [0.25, 0.3) is 0 Å². The molecule has 0 unspecified atom stereocenters. The first-order valence-corrected chi connectivity index (χ1v) is 15.3. The van der Waals surface area contributed by atoms with E-state index < -0.39 is 27.4 Å². The fourth-order valence-corrected chi connectivity index (χ4v) is 10.2. The van der Waals surface area contributed by atoms with Gasteiger partial charge in [0.2, 0.25) is 0 Å². The lowest BCUT2D eigenvalue weighted by Gasteiger charge is -2.52. The summed E-state index contributed by atoms with van der Waals surface area (Å²) in [6.45, 7) is 9.33. The zero-order valence-corrected chi connectivity index (χ0v) is 16.3. The minimum absolute atomic E-state index is 0.160. The molecule has 1 saturated heterocycles. The third-order valence-electron chi connectivity index (χ3n) is 5.35. The number of hydrogen-bond acceptors (Lipinski definition) is 3. The topological polar surface area (TPSA) is 83.8 Å². The highest BCUT2D eigenvalue weighted by molar-refractivity contribution is 7.38. The van der Waals surface area contributed by atoms with E-state index in [4.69, 9.17) is 14.6 Å². The zero-order chi connectivity index (χ0) is 17.0. The molecule has 22 heavy (non-hydrogen) atoms. The smallest absolute Gasteiger partial charge is 0.303 e. The van der Waals surface area contributed by atoms with E-state index in [9.17, 15) is 9.59 Å².